The Labute approximate surface area is 103 Å². The highest BCUT2D eigenvalue weighted by atomic mass is 16.3. The molecule has 1 unspecified atom stereocenters. The van der Waals surface area contributed by atoms with E-state index in [1.807, 2.05) is 19.4 Å². The van der Waals surface area contributed by atoms with Crippen molar-refractivity contribution in [3.8, 4) is 0 Å². The number of nitrogens with zero attached hydrogens (tertiary/aromatic N) is 3. The van der Waals surface area contributed by atoms with E-state index < -0.39 is 0 Å². The molecule has 4 heteroatoms. The fourth-order valence-corrected chi connectivity index (χ4v) is 3.06. The number of aliphatic hydroxyl groups is 1. The number of hydrogen-bond acceptors (Lipinski definition) is 3. The average Bonchev–Trinajstić information content (AvgIpc) is 2.87. The molecule has 1 saturated carbocycles. The molecular weight excluding hydrogens is 214 g/mol. The minimum absolute atomic E-state index is 0.0319. The second-order valence-electron chi connectivity index (χ2n) is 5.45. The van der Waals surface area contributed by atoms with Crippen LogP contribution in [0.25, 0.3) is 0 Å². The fourth-order valence-electron chi connectivity index (χ4n) is 3.06. The van der Waals surface area contributed by atoms with Crippen LogP contribution in [0.3, 0.4) is 0 Å². The molecule has 0 saturated heterocycles. The van der Waals surface area contributed by atoms with Gasteiger partial charge < -0.3 is 10.0 Å². The largest absolute Gasteiger partial charge is 0.391 e. The minimum atomic E-state index is -0.302. The van der Waals surface area contributed by atoms with E-state index in [1.165, 1.54) is 12.8 Å². The van der Waals surface area contributed by atoms with Gasteiger partial charge in [-0.25, -0.2) is 0 Å². The van der Waals surface area contributed by atoms with Gasteiger partial charge in [0.2, 0.25) is 0 Å². The van der Waals surface area contributed by atoms with Crippen LogP contribution >= 0.6 is 0 Å². The van der Waals surface area contributed by atoms with Crippen molar-refractivity contribution in [3.05, 3.63) is 18.0 Å². The van der Waals surface area contributed by atoms with Crippen LogP contribution in [0.15, 0.2) is 12.4 Å². The molecule has 2 rings (SSSR count). The Morgan fingerprint density at radius 2 is 2.12 bits per heavy atom. The van der Waals surface area contributed by atoms with Gasteiger partial charge in [-0.3, -0.25) is 4.68 Å². The molecule has 0 bridgehead atoms. The first-order valence-electron chi connectivity index (χ1n) is 6.37. The van der Waals surface area contributed by atoms with E-state index >= 15 is 0 Å². The van der Waals surface area contributed by atoms with Crippen molar-refractivity contribution in [2.24, 2.45) is 7.05 Å². The Hall–Kier alpha value is -0.870. The predicted molar refractivity (Wildman–Crippen MR) is 67.8 cm³/mol. The molecule has 1 aromatic rings. The Bertz CT molecular complexity index is 366. The van der Waals surface area contributed by atoms with Gasteiger partial charge in [0.05, 0.1) is 12.3 Å². The first kappa shape index (κ1) is 12.6. The van der Waals surface area contributed by atoms with Gasteiger partial charge in [-0.15, -0.1) is 0 Å². The maximum Gasteiger partial charge on any atom is 0.0765 e. The summed E-state index contributed by atoms with van der Waals surface area (Å²) in [5, 5.41) is 14.7. The van der Waals surface area contributed by atoms with Crippen molar-refractivity contribution in [2.45, 2.75) is 43.7 Å². The number of rotatable bonds is 4. The molecule has 0 spiro atoms. The van der Waals surface area contributed by atoms with Crippen molar-refractivity contribution in [3.63, 3.8) is 0 Å². The van der Waals surface area contributed by atoms with Gasteiger partial charge in [0, 0.05) is 25.2 Å². The van der Waals surface area contributed by atoms with Gasteiger partial charge in [0.15, 0.2) is 0 Å². The Morgan fingerprint density at radius 3 is 2.59 bits per heavy atom. The summed E-state index contributed by atoms with van der Waals surface area (Å²) in [4.78, 5) is 2.21. The lowest BCUT2D eigenvalue weighted by atomic mass is 9.86. The molecule has 1 aliphatic rings. The minimum Gasteiger partial charge on any atom is -0.391 e. The van der Waals surface area contributed by atoms with E-state index in [2.05, 4.69) is 24.1 Å². The van der Waals surface area contributed by atoms with Crippen LogP contribution in [-0.4, -0.2) is 45.5 Å². The second-order valence-corrected chi connectivity index (χ2v) is 5.45. The fraction of sp³-hybridized carbons (Fsp3) is 0.769. The first-order chi connectivity index (χ1) is 8.04. The smallest absolute Gasteiger partial charge is 0.0765 e. The van der Waals surface area contributed by atoms with Gasteiger partial charge in [-0.05, 0) is 32.5 Å². The quantitative estimate of drug-likeness (QED) is 0.855. The zero-order valence-corrected chi connectivity index (χ0v) is 11.1. The van der Waals surface area contributed by atoms with E-state index in [-0.39, 0.29) is 11.6 Å². The third-order valence-electron chi connectivity index (χ3n) is 4.17. The van der Waals surface area contributed by atoms with Crippen LogP contribution in [0.2, 0.25) is 0 Å². The maximum absolute atomic E-state index is 10.6. The highest BCUT2D eigenvalue weighted by Gasteiger charge is 2.42. The lowest BCUT2D eigenvalue weighted by Gasteiger charge is -2.40. The van der Waals surface area contributed by atoms with E-state index in [0.717, 1.165) is 18.4 Å². The van der Waals surface area contributed by atoms with Crippen LogP contribution in [-0.2, 0) is 13.5 Å². The molecule has 17 heavy (non-hydrogen) atoms. The maximum atomic E-state index is 10.6. The Morgan fingerprint density at radius 1 is 1.47 bits per heavy atom. The summed E-state index contributed by atoms with van der Waals surface area (Å²) >= 11 is 0. The molecule has 0 aliphatic heterocycles. The van der Waals surface area contributed by atoms with Crippen LogP contribution < -0.4 is 0 Å². The van der Waals surface area contributed by atoms with Crippen molar-refractivity contribution in [2.75, 3.05) is 14.1 Å². The van der Waals surface area contributed by atoms with Gasteiger partial charge in [0.1, 0.15) is 0 Å². The normalized spacial score (nSPS) is 21.0. The first-order valence-corrected chi connectivity index (χ1v) is 6.37. The van der Waals surface area contributed by atoms with Gasteiger partial charge in [-0.2, -0.15) is 5.10 Å². The number of aromatic nitrogens is 2. The SMILES string of the molecule is CN(C)C1(C(O)Cc2cnn(C)c2)CCCC1. The van der Waals surface area contributed by atoms with Crippen molar-refractivity contribution < 1.29 is 5.11 Å². The van der Waals surface area contributed by atoms with E-state index in [1.54, 1.807) is 4.68 Å². The average molecular weight is 237 g/mol. The topological polar surface area (TPSA) is 41.3 Å². The molecule has 1 N–H and O–H groups in total. The highest BCUT2D eigenvalue weighted by molar-refractivity contribution is 5.10. The third kappa shape index (κ3) is 2.38. The number of hydrogen-bond donors (Lipinski definition) is 1. The summed E-state index contributed by atoms with van der Waals surface area (Å²) in [7, 11) is 6.07. The Balaban J connectivity index is 2.09. The van der Waals surface area contributed by atoms with Gasteiger partial charge >= 0.3 is 0 Å². The summed E-state index contributed by atoms with van der Waals surface area (Å²) in [5.74, 6) is 0. The molecule has 96 valence electrons. The lowest BCUT2D eigenvalue weighted by Crippen LogP contribution is -2.52. The monoisotopic (exact) mass is 237 g/mol. The summed E-state index contributed by atoms with van der Waals surface area (Å²) in [6, 6.07) is 0. The second kappa shape index (κ2) is 4.78. The van der Waals surface area contributed by atoms with Crippen molar-refractivity contribution >= 4 is 0 Å². The van der Waals surface area contributed by atoms with Crippen molar-refractivity contribution in [1.29, 1.82) is 0 Å². The summed E-state index contributed by atoms with van der Waals surface area (Å²) in [6.07, 6.45) is 8.88. The molecule has 1 atom stereocenters. The molecule has 1 aliphatic carbocycles. The molecule has 0 radical (unpaired) electrons. The molecule has 0 amide bonds. The van der Waals surface area contributed by atoms with Crippen LogP contribution in [0.5, 0.6) is 0 Å². The van der Waals surface area contributed by atoms with Crippen LogP contribution in [0.4, 0.5) is 0 Å². The molecule has 1 heterocycles. The summed E-state index contributed by atoms with van der Waals surface area (Å²) in [5.41, 5.74) is 1.09. The molecule has 1 aromatic heterocycles. The van der Waals surface area contributed by atoms with E-state index in [0.29, 0.717) is 6.42 Å². The van der Waals surface area contributed by atoms with Gasteiger partial charge in [0.25, 0.3) is 0 Å². The molecular formula is C13H23N3O. The lowest BCUT2D eigenvalue weighted by molar-refractivity contribution is -0.00251. The number of aliphatic hydroxyl groups excluding tert-OH is 1. The highest BCUT2D eigenvalue weighted by Crippen LogP contribution is 2.37. The zero-order chi connectivity index (χ0) is 12.5. The molecule has 0 aromatic carbocycles. The predicted octanol–water partition coefficient (Wildman–Crippen LogP) is 1.20. The molecule has 1 fully saturated rings. The third-order valence-corrected chi connectivity index (χ3v) is 4.17. The van der Waals surface area contributed by atoms with Crippen LogP contribution in [0.1, 0.15) is 31.2 Å². The van der Waals surface area contributed by atoms with E-state index in [4.69, 9.17) is 0 Å². The summed E-state index contributed by atoms with van der Waals surface area (Å²) in [6.45, 7) is 0. The van der Waals surface area contributed by atoms with Crippen LogP contribution in [0, 0.1) is 0 Å². The summed E-state index contributed by atoms with van der Waals surface area (Å²) < 4.78 is 1.79. The standard InChI is InChI=1S/C13H23N3O/c1-15(2)13(6-4-5-7-13)12(17)8-11-9-14-16(3)10-11/h9-10,12,17H,4-8H2,1-3H3. The van der Waals surface area contributed by atoms with Crippen molar-refractivity contribution in [1.82, 2.24) is 14.7 Å². The number of aryl methyl sites for hydroxylation is 1. The Kier molecular flexibility index (Phi) is 3.54. The van der Waals surface area contributed by atoms with Gasteiger partial charge in [-0.1, -0.05) is 12.8 Å². The van der Waals surface area contributed by atoms with E-state index in [9.17, 15) is 5.11 Å². The number of likely N-dealkylation sites (N-methyl/N-ethyl adjacent to an activating group) is 1. The molecule has 4 nitrogen and oxygen atoms in total. The zero-order valence-electron chi connectivity index (χ0n) is 11.1.